The van der Waals surface area contributed by atoms with Crippen molar-refractivity contribution in [1.82, 2.24) is 0 Å². The molecule has 0 aromatic heterocycles. The summed E-state index contributed by atoms with van der Waals surface area (Å²) in [5.41, 5.74) is 6.74. The van der Waals surface area contributed by atoms with Gasteiger partial charge in [0.25, 0.3) is 0 Å². The molecule has 0 aliphatic heterocycles. The number of rotatable bonds is 7. The molecule has 0 saturated carbocycles. The molecule has 0 radical (unpaired) electrons. The smallest absolute Gasteiger partial charge is 0.152 e. The van der Waals surface area contributed by atoms with Crippen molar-refractivity contribution in [2.24, 2.45) is 11.7 Å². The molecule has 0 saturated heterocycles. The van der Waals surface area contributed by atoms with Gasteiger partial charge in [0.1, 0.15) is 5.75 Å². The van der Waals surface area contributed by atoms with Crippen LogP contribution >= 0.6 is 0 Å². The first kappa shape index (κ1) is 16.0. The molecule has 0 bridgehead atoms. The maximum atomic E-state index is 12.0. The fraction of sp³-hybridized carbons (Fsp3) is 0.571. The fourth-order valence-corrected chi connectivity index (χ4v) is 3.56. The van der Waals surface area contributed by atoms with Gasteiger partial charge in [-0.05, 0) is 18.4 Å². The van der Waals surface area contributed by atoms with Crippen molar-refractivity contribution >= 4 is 9.84 Å². The number of methoxy groups -OCH3 is 1. The van der Waals surface area contributed by atoms with Crippen molar-refractivity contribution in [1.29, 1.82) is 0 Å². The van der Waals surface area contributed by atoms with Gasteiger partial charge < -0.3 is 10.5 Å². The lowest BCUT2D eigenvalue weighted by Gasteiger charge is -2.16. The Kier molecular flexibility index (Phi) is 5.82. The third-order valence-corrected chi connectivity index (χ3v) is 4.70. The van der Waals surface area contributed by atoms with Crippen LogP contribution < -0.4 is 10.5 Å². The van der Waals surface area contributed by atoms with E-state index in [1.807, 2.05) is 32.0 Å². The minimum absolute atomic E-state index is 0.0416. The Hall–Kier alpha value is -1.07. The van der Waals surface area contributed by atoms with Crippen LogP contribution in [-0.4, -0.2) is 27.0 Å². The Balaban J connectivity index is 2.76. The third kappa shape index (κ3) is 5.20. The number of nitrogens with two attached hydrogens (primary N) is 1. The summed E-state index contributed by atoms with van der Waals surface area (Å²) in [7, 11) is -1.58. The zero-order chi connectivity index (χ0) is 14.5. The maximum absolute atomic E-state index is 12.0. The normalized spacial score (nSPS) is 13.5. The average Bonchev–Trinajstić information content (AvgIpc) is 2.36. The molecule has 2 N–H and O–H groups in total. The van der Waals surface area contributed by atoms with Gasteiger partial charge in [-0.25, -0.2) is 8.42 Å². The summed E-state index contributed by atoms with van der Waals surface area (Å²) in [4.78, 5) is 0. The van der Waals surface area contributed by atoms with E-state index in [0.29, 0.717) is 18.1 Å². The zero-order valence-corrected chi connectivity index (χ0v) is 12.6. The first-order chi connectivity index (χ1) is 8.85. The van der Waals surface area contributed by atoms with Gasteiger partial charge in [-0.3, -0.25) is 0 Å². The summed E-state index contributed by atoms with van der Waals surface area (Å²) in [5.74, 6) is 1.15. The molecule has 0 aliphatic carbocycles. The molecule has 1 aromatic carbocycles. The first-order valence-corrected chi connectivity index (χ1v) is 8.26. The number of para-hydroxylation sites is 1. The highest BCUT2D eigenvalue weighted by atomic mass is 32.2. The zero-order valence-electron chi connectivity index (χ0n) is 11.8. The molecule has 19 heavy (non-hydrogen) atoms. The van der Waals surface area contributed by atoms with E-state index in [0.717, 1.165) is 5.56 Å². The number of sulfone groups is 1. The van der Waals surface area contributed by atoms with E-state index in [1.165, 1.54) is 0 Å². The monoisotopic (exact) mass is 285 g/mol. The van der Waals surface area contributed by atoms with E-state index in [2.05, 4.69) is 0 Å². The lowest BCUT2D eigenvalue weighted by molar-refractivity contribution is 0.407. The van der Waals surface area contributed by atoms with E-state index < -0.39 is 15.9 Å². The highest BCUT2D eigenvalue weighted by Gasteiger charge is 2.20. The minimum atomic E-state index is -3.13. The molecule has 0 fully saturated rings. The predicted octanol–water partition coefficient (Wildman–Crippen LogP) is 2.16. The minimum Gasteiger partial charge on any atom is -0.496 e. The van der Waals surface area contributed by atoms with Crippen LogP contribution in [0, 0.1) is 5.92 Å². The third-order valence-electron chi connectivity index (χ3n) is 2.98. The Morgan fingerprint density at radius 3 is 2.47 bits per heavy atom. The lowest BCUT2D eigenvalue weighted by Crippen LogP contribution is -2.24. The maximum Gasteiger partial charge on any atom is 0.152 e. The standard InChI is InChI=1S/C14H23NO3S/c1-11(2)8-9-19(16,17)10-13(15)12-6-4-5-7-14(12)18-3/h4-7,11,13H,8-10,15H2,1-3H3. The second-order valence-electron chi connectivity index (χ2n) is 5.15. The first-order valence-electron chi connectivity index (χ1n) is 6.44. The van der Waals surface area contributed by atoms with Crippen molar-refractivity contribution < 1.29 is 13.2 Å². The van der Waals surface area contributed by atoms with Gasteiger partial charge in [-0.2, -0.15) is 0 Å². The Morgan fingerprint density at radius 2 is 1.89 bits per heavy atom. The number of benzene rings is 1. The van der Waals surface area contributed by atoms with Crippen LogP contribution in [-0.2, 0) is 9.84 Å². The van der Waals surface area contributed by atoms with Gasteiger partial charge in [0.05, 0.1) is 18.6 Å². The number of hydrogen-bond acceptors (Lipinski definition) is 4. The average molecular weight is 285 g/mol. The molecule has 0 spiro atoms. The van der Waals surface area contributed by atoms with Crippen LogP contribution in [0.25, 0.3) is 0 Å². The molecule has 1 atom stereocenters. The van der Waals surface area contributed by atoms with Gasteiger partial charge in [-0.1, -0.05) is 32.0 Å². The molecular weight excluding hydrogens is 262 g/mol. The molecule has 5 heteroatoms. The van der Waals surface area contributed by atoms with E-state index in [1.54, 1.807) is 13.2 Å². The number of hydrogen-bond donors (Lipinski definition) is 1. The van der Waals surface area contributed by atoms with Crippen molar-refractivity contribution in [3.05, 3.63) is 29.8 Å². The van der Waals surface area contributed by atoms with Gasteiger partial charge in [0.15, 0.2) is 9.84 Å². The molecule has 1 unspecified atom stereocenters. The highest BCUT2D eigenvalue weighted by molar-refractivity contribution is 7.91. The van der Waals surface area contributed by atoms with E-state index in [9.17, 15) is 8.42 Å². The van der Waals surface area contributed by atoms with Crippen LogP contribution in [0.2, 0.25) is 0 Å². The quantitative estimate of drug-likeness (QED) is 0.833. The van der Waals surface area contributed by atoms with E-state index >= 15 is 0 Å². The van der Waals surface area contributed by atoms with E-state index in [4.69, 9.17) is 10.5 Å². The Morgan fingerprint density at radius 1 is 1.26 bits per heavy atom. The summed E-state index contributed by atoms with van der Waals surface area (Å²) in [6.45, 7) is 4.02. The van der Waals surface area contributed by atoms with Gasteiger partial charge in [-0.15, -0.1) is 0 Å². The van der Waals surface area contributed by atoms with Crippen LogP contribution in [0.1, 0.15) is 31.9 Å². The summed E-state index contributed by atoms with van der Waals surface area (Å²) < 4.78 is 29.2. The van der Waals surface area contributed by atoms with Crippen LogP contribution in [0.3, 0.4) is 0 Å². The lowest BCUT2D eigenvalue weighted by atomic mass is 10.1. The predicted molar refractivity (Wildman–Crippen MR) is 78.0 cm³/mol. The summed E-state index contributed by atoms with van der Waals surface area (Å²) in [6, 6.07) is 6.71. The molecule has 1 aromatic rings. The van der Waals surface area contributed by atoms with Crippen molar-refractivity contribution in [3.63, 3.8) is 0 Å². The van der Waals surface area contributed by atoms with Crippen molar-refractivity contribution in [3.8, 4) is 5.75 Å². The van der Waals surface area contributed by atoms with Crippen molar-refractivity contribution in [2.45, 2.75) is 26.3 Å². The molecule has 1 rings (SSSR count). The summed E-state index contributed by atoms with van der Waals surface area (Å²) in [5, 5.41) is 0. The van der Waals surface area contributed by atoms with Crippen molar-refractivity contribution in [2.75, 3.05) is 18.6 Å². The molecular formula is C14H23NO3S. The highest BCUT2D eigenvalue weighted by Crippen LogP contribution is 2.24. The Bertz CT molecular complexity index is 497. The summed E-state index contributed by atoms with van der Waals surface area (Å²) >= 11 is 0. The molecule has 0 heterocycles. The topological polar surface area (TPSA) is 69.4 Å². The van der Waals surface area contributed by atoms with Gasteiger partial charge in [0, 0.05) is 11.6 Å². The van der Waals surface area contributed by atoms with Gasteiger partial charge in [0.2, 0.25) is 0 Å². The van der Waals surface area contributed by atoms with Crippen LogP contribution in [0.5, 0.6) is 5.75 Å². The van der Waals surface area contributed by atoms with E-state index in [-0.39, 0.29) is 11.5 Å². The Labute approximate surface area is 115 Å². The molecule has 4 nitrogen and oxygen atoms in total. The second kappa shape index (κ2) is 6.91. The number of ether oxygens (including phenoxy) is 1. The molecule has 108 valence electrons. The SMILES string of the molecule is COc1ccccc1C(N)CS(=O)(=O)CCC(C)C. The summed E-state index contributed by atoms with van der Waals surface area (Å²) in [6.07, 6.45) is 0.668. The van der Waals surface area contributed by atoms with Crippen LogP contribution in [0.15, 0.2) is 24.3 Å². The van der Waals surface area contributed by atoms with Crippen LogP contribution in [0.4, 0.5) is 0 Å². The molecule has 0 aliphatic rings. The van der Waals surface area contributed by atoms with Gasteiger partial charge >= 0.3 is 0 Å². The second-order valence-corrected chi connectivity index (χ2v) is 7.37. The largest absolute Gasteiger partial charge is 0.496 e. The fourth-order valence-electron chi connectivity index (χ4n) is 1.83. The molecule has 0 amide bonds.